The summed E-state index contributed by atoms with van der Waals surface area (Å²) in [5.74, 6) is 0.0267. The summed E-state index contributed by atoms with van der Waals surface area (Å²) in [5, 5.41) is 5.75. The maximum atomic E-state index is 12.5. The summed E-state index contributed by atoms with van der Waals surface area (Å²) in [6.07, 6.45) is -0.930. The first-order valence-corrected chi connectivity index (χ1v) is 8.29. The molecule has 0 spiro atoms. The van der Waals surface area contributed by atoms with Gasteiger partial charge < -0.3 is 15.4 Å². The van der Waals surface area contributed by atoms with E-state index in [4.69, 9.17) is 39.5 Å². The van der Waals surface area contributed by atoms with Crippen LogP contribution < -0.4 is 15.4 Å². The van der Waals surface area contributed by atoms with Gasteiger partial charge in [0.15, 0.2) is 0 Å². The van der Waals surface area contributed by atoms with Gasteiger partial charge in [0.2, 0.25) is 3.79 Å². The zero-order valence-electron chi connectivity index (χ0n) is 13.1. The quantitative estimate of drug-likeness (QED) is 0.585. The topological polar surface area (TPSA) is 50.4 Å². The number of methoxy groups -OCH3 is 1. The third-order valence-electron chi connectivity index (χ3n) is 3.40. The molecule has 128 valence electrons. The number of nitrogens with one attached hydrogen (secondary N) is 2. The Kier molecular flexibility index (Phi) is 6.21. The van der Waals surface area contributed by atoms with Crippen molar-refractivity contribution in [1.29, 1.82) is 0 Å². The Morgan fingerprint density at radius 1 is 1.08 bits per heavy atom. The van der Waals surface area contributed by atoms with E-state index in [1.807, 2.05) is 31.2 Å². The number of halogens is 3. The normalized spacial score (nSPS) is 12.4. The van der Waals surface area contributed by atoms with Gasteiger partial charge in [0.25, 0.3) is 5.91 Å². The van der Waals surface area contributed by atoms with E-state index in [2.05, 4.69) is 10.6 Å². The Morgan fingerprint density at radius 2 is 1.71 bits per heavy atom. The summed E-state index contributed by atoms with van der Waals surface area (Å²) in [6, 6.07) is 14.3. The number of rotatable bonds is 5. The smallest absolute Gasteiger partial charge is 0.256 e. The molecule has 2 N–H and O–H groups in total. The largest absolute Gasteiger partial charge is 0.496 e. The minimum absolute atomic E-state index is 0.353. The molecule has 0 heterocycles. The lowest BCUT2D eigenvalue weighted by Crippen LogP contribution is -2.49. The molecule has 4 nitrogen and oxygen atoms in total. The molecule has 0 fully saturated rings. The maximum absolute atomic E-state index is 12.5. The van der Waals surface area contributed by atoms with Crippen molar-refractivity contribution in [1.82, 2.24) is 5.32 Å². The number of amides is 1. The highest BCUT2D eigenvalue weighted by molar-refractivity contribution is 6.68. The van der Waals surface area contributed by atoms with Crippen LogP contribution in [0.2, 0.25) is 0 Å². The van der Waals surface area contributed by atoms with Gasteiger partial charge in [-0.1, -0.05) is 65.1 Å². The highest BCUT2D eigenvalue weighted by Crippen LogP contribution is 2.32. The number of carbonyl (C=O) groups excluding carboxylic acids is 1. The molecule has 0 saturated heterocycles. The summed E-state index contributed by atoms with van der Waals surface area (Å²) in [7, 11) is 1.49. The first-order chi connectivity index (χ1) is 11.3. The van der Waals surface area contributed by atoms with E-state index >= 15 is 0 Å². The first-order valence-electron chi connectivity index (χ1n) is 7.15. The summed E-state index contributed by atoms with van der Waals surface area (Å²) >= 11 is 18.1. The van der Waals surface area contributed by atoms with Crippen LogP contribution in [0.25, 0.3) is 0 Å². The SMILES string of the molecule is COc1ccccc1C(=O)N[C@H](Nc1ccccc1C)C(Cl)(Cl)Cl. The molecule has 0 unspecified atom stereocenters. The molecule has 0 aliphatic carbocycles. The van der Waals surface area contributed by atoms with Crippen molar-refractivity contribution >= 4 is 46.4 Å². The Hall–Kier alpha value is -1.62. The zero-order valence-corrected chi connectivity index (χ0v) is 15.4. The van der Waals surface area contributed by atoms with E-state index in [-0.39, 0.29) is 0 Å². The van der Waals surface area contributed by atoms with Crippen molar-refractivity contribution in [3.63, 3.8) is 0 Å². The molecule has 0 radical (unpaired) electrons. The second-order valence-corrected chi connectivity index (χ2v) is 7.48. The van der Waals surface area contributed by atoms with E-state index in [9.17, 15) is 4.79 Å². The number of anilines is 1. The van der Waals surface area contributed by atoms with E-state index in [0.717, 1.165) is 11.3 Å². The van der Waals surface area contributed by atoms with Gasteiger partial charge in [-0.25, -0.2) is 0 Å². The summed E-state index contributed by atoms with van der Waals surface area (Å²) < 4.78 is 3.44. The molecular formula is C17H17Cl3N2O2. The van der Waals surface area contributed by atoms with Crippen LogP contribution >= 0.6 is 34.8 Å². The fraction of sp³-hybridized carbons (Fsp3) is 0.235. The number of hydrogen-bond donors (Lipinski definition) is 2. The monoisotopic (exact) mass is 386 g/mol. The van der Waals surface area contributed by atoms with E-state index < -0.39 is 15.9 Å². The maximum Gasteiger partial charge on any atom is 0.256 e. The van der Waals surface area contributed by atoms with Gasteiger partial charge in [0.1, 0.15) is 11.9 Å². The number of aryl methyl sites for hydroxylation is 1. The summed E-state index contributed by atoms with van der Waals surface area (Å²) in [4.78, 5) is 12.5. The summed E-state index contributed by atoms with van der Waals surface area (Å²) in [5.41, 5.74) is 2.07. The molecular weight excluding hydrogens is 371 g/mol. The van der Waals surface area contributed by atoms with Crippen LogP contribution in [0, 0.1) is 6.92 Å². The Bertz CT molecular complexity index is 717. The van der Waals surface area contributed by atoms with Gasteiger partial charge >= 0.3 is 0 Å². The van der Waals surface area contributed by atoms with Crippen molar-refractivity contribution in [3.8, 4) is 5.75 Å². The lowest BCUT2D eigenvalue weighted by molar-refractivity contribution is 0.0939. The molecule has 2 aromatic carbocycles. The van der Waals surface area contributed by atoms with E-state index in [0.29, 0.717) is 11.3 Å². The third kappa shape index (κ3) is 4.69. The molecule has 0 bridgehead atoms. The summed E-state index contributed by atoms with van der Waals surface area (Å²) in [6.45, 7) is 1.92. The second-order valence-electron chi connectivity index (χ2n) is 5.11. The van der Waals surface area contributed by atoms with E-state index in [1.54, 1.807) is 24.3 Å². The molecule has 1 amide bonds. The van der Waals surface area contributed by atoms with Crippen LogP contribution in [-0.4, -0.2) is 23.0 Å². The van der Waals surface area contributed by atoms with Gasteiger partial charge in [0.05, 0.1) is 12.7 Å². The van der Waals surface area contributed by atoms with Crippen LogP contribution in [0.5, 0.6) is 5.75 Å². The lowest BCUT2D eigenvalue weighted by Gasteiger charge is -2.28. The minimum atomic E-state index is -1.75. The number of hydrogen-bond acceptors (Lipinski definition) is 3. The number of para-hydroxylation sites is 2. The van der Waals surface area contributed by atoms with Crippen molar-refractivity contribution < 1.29 is 9.53 Å². The fourth-order valence-electron chi connectivity index (χ4n) is 2.13. The lowest BCUT2D eigenvalue weighted by atomic mass is 10.2. The molecule has 0 saturated carbocycles. The fourth-order valence-corrected chi connectivity index (χ4v) is 2.46. The molecule has 2 aromatic rings. The van der Waals surface area contributed by atoms with Crippen LogP contribution in [-0.2, 0) is 0 Å². The molecule has 7 heteroatoms. The van der Waals surface area contributed by atoms with Crippen LogP contribution in [0.1, 0.15) is 15.9 Å². The highest BCUT2D eigenvalue weighted by atomic mass is 35.6. The molecule has 2 rings (SSSR count). The van der Waals surface area contributed by atoms with Gasteiger partial charge in [0, 0.05) is 5.69 Å². The van der Waals surface area contributed by atoms with Crippen LogP contribution in [0.3, 0.4) is 0 Å². The minimum Gasteiger partial charge on any atom is -0.496 e. The number of alkyl halides is 3. The zero-order chi connectivity index (χ0) is 17.7. The van der Waals surface area contributed by atoms with Gasteiger partial charge in [-0.15, -0.1) is 0 Å². The molecule has 0 aliphatic heterocycles. The van der Waals surface area contributed by atoms with Crippen LogP contribution in [0.15, 0.2) is 48.5 Å². The molecule has 1 atom stereocenters. The Labute approximate surface area is 156 Å². The van der Waals surface area contributed by atoms with Crippen molar-refractivity contribution in [2.24, 2.45) is 0 Å². The Balaban J connectivity index is 2.24. The standard InChI is InChI=1S/C17H17Cl3N2O2/c1-11-7-3-5-9-13(11)21-16(17(18,19)20)22-15(23)12-8-4-6-10-14(12)24-2/h3-10,16,21H,1-2H3,(H,22,23)/t16-/m0/s1. The highest BCUT2D eigenvalue weighted by Gasteiger charge is 2.34. The molecule has 0 aromatic heterocycles. The number of benzene rings is 2. The average molecular weight is 388 g/mol. The number of ether oxygens (including phenoxy) is 1. The van der Waals surface area contributed by atoms with Crippen molar-refractivity contribution in [3.05, 3.63) is 59.7 Å². The predicted molar refractivity (Wildman–Crippen MR) is 99.3 cm³/mol. The number of carbonyl (C=O) groups is 1. The van der Waals surface area contributed by atoms with Gasteiger partial charge in [-0.3, -0.25) is 4.79 Å². The van der Waals surface area contributed by atoms with Gasteiger partial charge in [-0.05, 0) is 30.7 Å². The molecule has 24 heavy (non-hydrogen) atoms. The Morgan fingerprint density at radius 3 is 2.33 bits per heavy atom. The van der Waals surface area contributed by atoms with Crippen molar-refractivity contribution in [2.45, 2.75) is 16.9 Å². The van der Waals surface area contributed by atoms with E-state index in [1.165, 1.54) is 7.11 Å². The van der Waals surface area contributed by atoms with Crippen LogP contribution in [0.4, 0.5) is 5.69 Å². The first kappa shape index (κ1) is 18.7. The average Bonchev–Trinajstić information content (AvgIpc) is 2.55. The predicted octanol–water partition coefficient (Wildman–Crippen LogP) is 4.54. The van der Waals surface area contributed by atoms with Gasteiger partial charge in [-0.2, -0.15) is 0 Å². The second kappa shape index (κ2) is 7.97. The van der Waals surface area contributed by atoms with Crippen molar-refractivity contribution in [2.75, 3.05) is 12.4 Å². The third-order valence-corrected chi connectivity index (χ3v) is 4.05. The molecule has 0 aliphatic rings.